The van der Waals surface area contributed by atoms with E-state index in [9.17, 15) is 0 Å². The molecule has 1 aliphatic carbocycles. The first-order valence-electron chi connectivity index (χ1n) is 7.80. The van der Waals surface area contributed by atoms with E-state index in [0.29, 0.717) is 11.2 Å². The number of rotatable bonds is 3. The van der Waals surface area contributed by atoms with Gasteiger partial charge in [-0.1, -0.05) is 19.3 Å². The van der Waals surface area contributed by atoms with Crippen LogP contribution in [0.25, 0.3) is 0 Å². The summed E-state index contributed by atoms with van der Waals surface area (Å²) in [5.74, 6) is 5.92. The van der Waals surface area contributed by atoms with Crippen molar-refractivity contribution in [3.63, 3.8) is 0 Å². The topological polar surface area (TPSA) is 67.1 Å². The summed E-state index contributed by atoms with van der Waals surface area (Å²) in [7, 11) is 0. The molecule has 0 aromatic carbocycles. The van der Waals surface area contributed by atoms with Crippen molar-refractivity contribution in [1.82, 2.24) is 14.9 Å². The molecule has 1 aromatic rings. The number of hydrogen-bond donors (Lipinski definition) is 2. The van der Waals surface area contributed by atoms with Crippen molar-refractivity contribution in [2.24, 2.45) is 11.3 Å². The molecule has 1 aromatic heterocycles. The van der Waals surface area contributed by atoms with E-state index in [2.05, 4.69) is 20.3 Å². The van der Waals surface area contributed by atoms with E-state index in [-0.39, 0.29) is 0 Å². The highest BCUT2D eigenvalue weighted by Crippen LogP contribution is 2.44. The van der Waals surface area contributed by atoms with Crippen molar-refractivity contribution in [3.05, 3.63) is 18.1 Å². The molecule has 0 bridgehead atoms. The SMILES string of the molecule is NNc1cnc(CN2CCC3(CCCCC3)CC2)cn1. The van der Waals surface area contributed by atoms with Crippen LogP contribution >= 0.6 is 0 Å². The number of aromatic nitrogens is 2. The van der Waals surface area contributed by atoms with Crippen molar-refractivity contribution in [1.29, 1.82) is 0 Å². The third kappa shape index (κ3) is 3.10. The van der Waals surface area contributed by atoms with Crippen LogP contribution in [0.4, 0.5) is 5.82 Å². The van der Waals surface area contributed by atoms with Crippen molar-refractivity contribution in [2.45, 2.75) is 51.5 Å². The molecule has 1 saturated heterocycles. The molecule has 2 heterocycles. The Hall–Kier alpha value is -1.20. The van der Waals surface area contributed by atoms with E-state index in [1.165, 1.54) is 58.0 Å². The Labute approximate surface area is 120 Å². The van der Waals surface area contributed by atoms with Crippen LogP contribution in [0.5, 0.6) is 0 Å². The predicted octanol–water partition coefficient (Wildman–Crippen LogP) is 2.31. The molecule has 0 atom stereocenters. The van der Waals surface area contributed by atoms with Crippen LogP contribution in [0.3, 0.4) is 0 Å². The summed E-state index contributed by atoms with van der Waals surface area (Å²) in [5, 5.41) is 0. The second-order valence-corrected chi connectivity index (χ2v) is 6.37. The van der Waals surface area contributed by atoms with Gasteiger partial charge in [0.1, 0.15) is 0 Å². The predicted molar refractivity (Wildman–Crippen MR) is 79.9 cm³/mol. The molecule has 0 unspecified atom stereocenters. The average Bonchev–Trinajstić information content (AvgIpc) is 2.52. The standard InChI is InChI=1S/C15H25N5/c16-19-14-11-17-13(10-18-14)12-20-8-6-15(7-9-20)4-2-1-3-5-15/h10-11H,1-9,12,16H2,(H,18,19). The summed E-state index contributed by atoms with van der Waals surface area (Å²) in [6, 6.07) is 0. The number of piperidine rings is 1. The summed E-state index contributed by atoms with van der Waals surface area (Å²) in [4.78, 5) is 11.1. The molecule has 2 fully saturated rings. The molecular formula is C15H25N5. The summed E-state index contributed by atoms with van der Waals surface area (Å²) < 4.78 is 0. The molecule has 5 nitrogen and oxygen atoms in total. The van der Waals surface area contributed by atoms with Crippen molar-refractivity contribution in [2.75, 3.05) is 18.5 Å². The van der Waals surface area contributed by atoms with E-state index in [4.69, 9.17) is 5.84 Å². The molecule has 20 heavy (non-hydrogen) atoms. The van der Waals surface area contributed by atoms with E-state index in [1.54, 1.807) is 6.20 Å². The second kappa shape index (κ2) is 6.06. The highest BCUT2D eigenvalue weighted by Gasteiger charge is 2.35. The first-order valence-corrected chi connectivity index (χ1v) is 7.80. The highest BCUT2D eigenvalue weighted by molar-refractivity contribution is 5.28. The van der Waals surface area contributed by atoms with Crippen LogP contribution in [-0.4, -0.2) is 28.0 Å². The minimum absolute atomic E-state index is 0.619. The maximum Gasteiger partial charge on any atom is 0.158 e. The van der Waals surface area contributed by atoms with E-state index in [1.807, 2.05) is 6.20 Å². The zero-order chi connectivity index (χ0) is 13.8. The lowest BCUT2D eigenvalue weighted by Crippen LogP contribution is -2.40. The fourth-order valence-corrected chi connectivity index (χ4v) is 3.73. The Morgan fingerprint density at radius 1 is 1.05 bits per heavy atom. The van der Waals surface area contributed by atoms with Crippen molar-refractivity contribution >= 4 is 5.82 Å². The Bertz CT molecular complexity index is 414. The first-order chi connectivity index (χ1) is 9.80. The Morgan fingerprint density at radius 2 is 1.80 bits per heavy atom. The van der Waals surface area contributed by atoms with Crippen molar-refractivity contribution < 1.29 is 0 Å². The fourth-order valence-electron chi connectivity index (χ4n) is 3.73. The van der Waals surface area contributed by atoms with E-state index < -0.39 is 0 Å². The van der Waals surface area contributed by atoms with Crippen LogP contribution in [-0.2, 0) is 6.54 Å². The van der Waals surface area contributed by atoms with Gasteiger partial charge in [-0.2, -0.15) is 0 Å². The Morgan fingerprint density at radius 3 is 2.40 bits per heavy atom. The zero-order valence-corrected chi connectivity index (χ0v) is 12.1. The molecule has 0 amide bonds. The molecule has 2 aliphatic rings. The third-order valence-corrected chi connectivity index (χ3v) is 5.07. The van der Waals surface area contributed by atoms with Gasteiger partial charge < -0.3 is 5.43 Å². The molecule has 110 valence electrons. The van der Waals surface area contributed by atoms with Crippen LogP contribution < -0.4 is 11.3 Å². The zero-order valence-electron chi connectivity index (χ0n) is 12.1. The summed E-state index contributed by atoms with van der Waals surface area (Å²) in [5.41, 5.74) is 4.21. The number of likely N-dealkylation sites (tertiary alicyclic amines) is 1. The van der Waals surface area contributed by atoms with Gasteiger partial charge in [-0.3, -0.25) is 9.88 Å². The normalized spacial score (nSPS) is 22.9. The molecule has 1 saturated carbocycles. The summed E-state index contributed by atoms with van der Waals surface area (Å²) in [6.45, 7) is 3.32. The quantitative estimate of drug-likeness (QED) is 0.654. The fraction of sp³-hybridized carbons (Fsp3) is 0.733. The molecule has 1 spiro atoms. The monoisotopic (exact) mass is 275 g/mol. The molecular weight excluding hydrogens is 250 g/mol. The van der Waals surface area contributed by atoms with Gasteiger partial charge in [0.15, 0.2) is 5.82 Å². The van der Waals surface area contributed by atoms with Crippen LogP contribution in [0.15, 0.2) is 12.4 Å². The van der Waals surface area contributed by atoms with Crippen LogP contribution in [0.2, 0.25) is 0 Å². The van der Waals surface area contributed by atoms with Crippen molar-refractivity contribution in [3.8, 4) is 0 Å². The number of hydrogen-bond acceptors (Lipinski definition) is 5. The van der Waals surface area contributed by atoms with Crippen LogP contribution in [0.1, 0.15) is 50.6 Å². The van der Waals surface area contributed by atoms with E-state index in [0.717, 1.165) is 12.2 Å². The number of hydrazine groups is 1. The third-order valence-electron chi connectivity index (χ3n) is 5.07. The first kappa shape index (κ1) is 13.8. The second-order valence-electron chi connectivity index (χ2n) is 6.37. The van der Waals surface area contributed by atoms with Gasteiger partial charge in [-0.05, 0) is 44.2 Å². The number of nitrogen functional groups attached to an aromatic ring is 1. The van der Waals surface area contributed by atoms with Gasteiger partial charge in [-0.25, -0.2) is 10.8 Å². The van der Waals surface area contributed by atoms with Gasteiger partial charge in [0, 0.05) is 6.54 Å². The lowest BCUT2D eigenvalue weighted by atomic mass is 9.68. The average molecular weight is 275 g/mol. The van der Waals surface area contributed by atoms with Crippen LogP contribution in [0, 0.1) is 5.41 Å². The maximum absolute atomic E-state index is 5.30. The molecule has 5 heteroatoms. The molecule has 3 rings (SSSR count). The number of nitrogens with one attached hydrogen (secondary N) is 1. The Balaban J connectivity index is 1.52. The van der Waals surface area contributed by atoms with Gasteiger partial charge in [0.05, 0.1) is 18.1 Å². The number of nitrogens with two attached hydrogens (primary N) is 1. The van der Waals surface area contributed by atoms with Gasteiger partial charge in [-0.15, -0.1) is 0 Å². The minimum atomic E-state index is 0.619. The largest absolute Gasteiger partial charge is 0.307 e. The number of nitrogens with zero attached hydrogens (tertiary/aromatic N) is 3. The van der Waals surface area contributed by atoms with Gasteiger partial charge in [0.2, 0.25) is 0 Å². The summed E-state index contributed by atoms with van der Waals surface area (Å²) in [6.07, 6.45) is 13.5. The highest BCUT2D eigenvalue weighted by atomic mass is 15.3. The molecule has 0 radical (unpaired) electrons. The summed E-state index contributed by atoms with van der Waals surface area (Å²) >= 11 is 0. The van der Waals surface area contributed by atoms with Gasteiger partial charge in [0.25, 0.3) is 0 Å². The lowest BCUT2D eigenvalue weighted by Gasteiger charge is -2.44. The Kier molecular flexibility index (Phi) is 4.17. The van der Waals surface area contributed by atoms with Gasteiger partial charge >= 0.3 is 0 Å². The maximum atomic E-state index is 5.30. The number of anilines is 1. The molecule has 3 N–H and O–H groups in total. The smallest absolute Gasteiger partial charge is 0.158 e. The minimum Gasteiger partial charge on any atom is -0.307 e. The molecule has 1 aliphatic heterocycles. The van der Waals surface area contributed by atoms with E-state index >= 15 is 0 Å². The lowest BCUT2D eigenvalue weighted by molar-refractivity contribution is 0.0635.